The molecule has 0 unspecified atom stereocenters. The molecular weight excluding hydrogens is 295 g/mol. The Balaban J connectivity index is 1.85. The summed E-state index contributed by atoms with van der Waals surface area (Å²) in [5.74, 6) is 1.35. The Hall–Kier alpha value is -1.52. The molecule has 2 N–H and O–H groups in total. The standard InChI is InChI=1S/C14H14Cl2N4/c1-8-6-13(18-10-3-4-10)20-14(17-8)19-12-7-9(15)2-5-11(12)16/h2,5-7,10H,3-4H2,1H3,(H2,17,18,19,20). The van der Waals surface area contributed by atoms with Gasteiger partial charge in [0.15, 0.2) is 0 Å². The summed E-state index contributed by atoms with van der Waals surface area (Å²) in [5.41, 5.74) is 1.59. The monoisotopic (exact) mass is 308 g/mol. The Morgan fingerprint density at radius 2 is 1.95 bits per heavy atom. The molecule has 0 saturated heterocycles. The van der Waals surface area contributed by atoms with Crippen molar-refractivity contribution in [1.29, 1.82) is 0 Å². The van der Waals surface area contributed by atoms with E-state index >= 15 is 0 Å². The second kappa shape index (κ2) is 5.46. The van der Waals surface area contributed by atoms with E-state index in [0.717, 1.165) is 11.5 Å². The number of anilines is 3. The fourth-order valence-corrected chi connectivity index (χ4v) is 2.19. The molecule has 1 fully saturated rings. The number of benzene rings is 1. The van der Waals surface area contributed by atoms with Crippen molar-refractivity contribution in [2.75, 3.05) is 10.6 Å². The van der Waals surface area contributed by atoms with Crippen molar-refractivity contribution < 1.29 is 0 Å². The number of hydrogen-bond acceptors (Lipinski definition) is 4. The van der Waals surface area contributed by atoms with Crippen molar-refractivity contribution >= 4 is 40.7 Å². The van der Waals surface area contributed by atoms with Crippen LogP contribution in [0, 0.1) is 6.92 Å². The maximum atomic E-state index is 6.13. The normalized spacial score (nSPS) is 14.2. The predicted molar refractivity (Wildman–Crippen MR) is 83.2 cm³/mol. The number of aromatic nitrogens is 2. The molecule has 2 aromatic rings. The lowest BCUT2D eigenvalue weighted by atomic mass is 10.3. The van der Waals surface area contributed by atoms with Gasteiger partial charge in [0.05, 0.1) is 10.7 Å². The first-order valence-corrected chi connectivity index (χ1v) is 7.20. The van der Waals surface area contributed by atoms with E-state index in [1.807, 2.05) is 13.0 Å². The highest BCUT2D eigenvalue weighted by molar-refractivity contribution is 6.35. The lowest BCUT2D eigenvalue weighted by Crippen LogP contribution is -2.07. The van der Waals surface area contributed by atoms with E-state index in [-0.39, 0.29) is 0 Å². The van der Waals surface area contributed by atoms with Gasteiger partial charge in [-0.1, -0.05) is 23.2 Å². The second-order valence-corrected chi connectivity index (χ2v) is 5.73. The SMILES string of the molecule is Cc1cc(NC2CC2)nc(Nc2cc(Cl)ccc2Cl)n1. The molecule has 1 aliphatic carbocycles. The number of halogens is 2. The molecule has 1 aromatic heterocycles. The minimum atomic E-state index is 0.511. The summed E-state index contributed by atoms with van der Waals surface area (Å²) in [5, 5.41) is 7.66. The Bertz CT molecular complexity index is 641. The fourth-order valence-electron chi connectivity index (χ4n) is 1.85. The van der Waals surface area contributed by atoms with Crippen LogP contribution in [0.25, 0.3) is 0 Å². The lowest BCUT2D eigenvalue weighted by molar-refractivity contribution is 1.06. The first-order chi connectivity index (χ1) is 9.60. The topological polar surface area (TPSA) is 49.8 Å². The first-order valence-electron chi connectivity index (χ1n) is 6.44. The molecule has 1 heterocycles. The highest BCUT2D eigenvalue weighted by Crippen LogP contribution is 2.28. The van der Waals surface area contributed by atoms with Crippen LogP contribution in [0.5, 0.6) is 0 Å². The van der Waals surface area contributed by atoms with Crippen LogP contribution in [0.1, 0.15) is 18.5 Å². The van der Waals surface area contributed by atoms with Crippen LogP contribution in [0.3, 0.4) is 0 Å². The number of hydrogen-bond donors (Lipinski definition) is 2. The van der Waals surface area contributed by atoms with E-state index in [1.165, 1.54) is 12.8 Å². The highest BCUT2D eigenvalue weighted by Gasteiger charge is 2.21. The molecule has 0 spiro atoms. The smallest absolute Gasteiger partial charge is 0.229 e. The third-order valence-electron chi connectivity index (χ3n) is 2.96. The third-order valence-corrected chi connectivity index (χ3v) is 3.52. The Labute approximate surface area is 127 Å². The third kappa shape index (κ3) is 3.32. The maximum absolute atomic E-state index is 6.13. The molecule has 3 rings (SSSR count). The Morgan fingerprint density at radius 3 is 2.70 bits per heavy atom. The second-order valence-electron chi connectivity index (χ2n) is 4.89. The van der Waals surface area contributed by atoms with Crippen molar-refractivity contribution in [1.82, 2.24) is 9.97 Å². The predicted octanol–water partition coefficient (Wildman–Crippen LogP) is 4.41. The molecule has 20 heavy (non-hydrogen) atoms. The quantitative estimate of drug-likeness (QED) is 0.878. The average Bonchev–Trinajstić information content (AvgIpc) is 3.17. The van der Waals surface area contributed by atoms with E-state index in [2.05, 4.69) is 20.6 Å². The highest BCUT2D eigenvalue weighted by atomic mass is 35.5. The van der Waals surface area contributed by atoms with Gasteiger partial charge in [0.2, 0.25) is 5.95 Å². The number of rotatable bonds is 4. The van der Waals surface area contributed by atoms with Gasteiger partial charge in [-0.05, 0) is 38.0 Å². The molecule has 0 amide bonds. The molecule has 104 valence electrons. The zero-order chi connectivity index (χ0) is 14.1. The molecule has 4 nitrogen and oxygen atoms in total. The average molecular weight is 309 g/mol. The van der Waals surface area contributed by atoms with Gasteiger partial charge in [-0.15, -0.1) is 0 Å². The van der Waals surface area contributed by atoms with Gasteiger partial charge in [-0.3, -0.25) is 0 Å². The molecule has 6 heteroatoms. The molecule has 1 aromatic carbocycles. The summed E-state index contributed by atoms with van der Waals surface area (Å²) in [6, 6.07) is 7.72. The molecule has 1 saturated carbocycles. The number of aryl methyl sites for hydroxylation is 1. The van der Waals surface area contributed by atoms with Crippen LogP contribution in [0.4, 0.5) is 17.5 Å². The summed E-state index contributed by atoms with van der Waals surface area (Å²) < 4.78 is 0. The van der Waals surface area contributed by atoms with Crippen LogP contribution in [-0.2, 0) is 0 Å². The van der Waals surface area contributed by atoms with Crippen LogP contribution >= 0.6 is 23.2 Å². The first kappa shape index (κ1) is 13.5. The Kier molecular flexibility index (Phi) is 3.68. The van der Waals surface area contributed by atoms with Crippen LogP contribution in [0.2, 0.25) is 10.0 Å². The van der Waals surface area contributed by atoms with Crippen molar-refractivity contribution in [3.63, 3.8) is 0 Å². The van der Waals surface area contributed by atoms with Gasteiger partial charge >= 0.3 is 0 Å². The van der Waals surface area contributed by atoms with Gasteiger partial charge in [0.1, 0.15) is 5.82 Å². The maximum Gasteiger partial charge on any atom is 0.229 e. The van der Waals surface area contributed by atoms with Crippen LogP contribution in [-0.4, -0.2) is 16.0 Å². The van der Waals surface area contributed by atoms with Gasteiger partial charge in [0, 0.05) is 22.8 Å². The van der Waals surface area contributed by atoms with Crippen molar-refractivity contribution in [2.45, 2.75) is 25.8 Å². The van der Waals surface area contributed by atoms with E-state index < -0.39 is 0 Å². The zero-order valence-electron chi connectivity index (χ0n) is 11.0. The van der Waals surface area contributed by atoms with Crippen molar-refractivity contribution in [3.05, 3.63) is 40.0 Å². The Morgan fingerprint density at radius 1 is 1.15 bits per heavy atom. The zero-order valence-corrected chi connectivity index (χ0v) is 12.5. The minimum absolute atomic E-state index is 0.511. The van der Waals surface area contributed by atoms with Gasteiger partial charge in [0.25, 0.3) is 0 Å². The number of nitrogens with zero attached hydrogens (tertiary/aromatic N) is 2. The van der Waals surface area contributed by atoms with Crippen LogP contribution in [0.15, 0.2) is 24.3 Å². The largest absolute Gasteiger partial charge is 0.367 e. The summed E-state index contributed by atoms with van der Waals surface area (Å²) in [7, 11) is 0. The summed E-state index contributed by atoms with van der Waals surface area (Å²) in [6.07, 6.45) is 2.40. The molecule has 0 bridgehead atoms. The minimum Gasteiger partial charge on any atom is -0.367 e. The van der Waals surface area contributed by atoms with Crippen LogP contribution < -0.4 is 10.6 Å². The van der Waals surface area contributed by atoms with E-state index in [9.17, 15) is 0 Å². The van der Waals surface area contributed by atoms with E-state index in [1.54, 1.807) is 18.2 Å². The van der Waals surface area contributed by atoms with Gasteiger partial charge in [-0.2, -0.15) is 4.98 Å². The fraction of sp³-hybridized carbons (Fsp3) is 0.286. The molecular formula is C14H14Cl2N4. The lowest BCUT2D eigenvalue weighted by Gasteiger charge is -2.10. The van der Waals surface area contributed by atoms with Gasteiger partial charge in [-0.25, -0.2) is 4.98 Å². The van der Waals surface area contributed by atoms with E-state index in [4.69, 9.17) is 23.2 Å². The summed E-state index contributed by atoms with van der Waals surface area (Å²) in [4.78, 5) is 8.81. The molecule has 0 atom stereocenters. The van der Waals surface area contributed by atoms with Crippen molar-refractivity contribution in [3.8, 4) is 0 Å². The van der Waals surface area contributed by atoms with E-state index in [0.29, 0.717) is 27.7 Å². The summed E-state index contributed by atoms with van der Waals surface area (Å²) in [6.45, 7) is 1.94. The molecule has 0 radical (unpaired) electrons. The number of nitrogens with one attached hydrogen (secondary N) is 2. The summed E-state index contributed by atoms with van der Waals surface area (Å²) >= 11 is 12.1. The molecule has 0 aliphatic heterocycles. The van der Waals surface area contributed by atoms with Gasteiger partial charge < -0.3 is 10.6 Å². The molecule has 1 aliphatic rings. The van der Waals surface area contributed by atoms with Crippen molar-refractivity contribution in [2.24, 2.45) is 0 Å².